The predicted octanol–water partition coefficient (Wildman–Crippen LogP) is 0.783. The summed E-state index contributed by atoms with van der Waals surface area (Å²) in [5.74, 6) is 1.02. The van der Waals surface area contributed by atoms with Gasteiger partial charge in [-0.3, -0.25) is 9.67 Å². The molecule has 1 aliphatic rings. The lowest BCUT2D eigenvalue weighted by molar-refractivity contribution is 0.599. The fraction of sp³-hybridized carbons (Fsp3) is 0.412. The van der Waals surface area contributed by atoms with E-state index in [4.69, 9.17) is 0 Å². The smallest absolute Gasteiger partial charge is 0.191 e. The molecule has 1 unspecified atom stereocenters. The Morgan fingerprint density at radius 2 is 2.12 bits per heavy atom. The summed E-state index contributed by atoms with van der Waals surface area (Å²) in [5, 5.41) is 10.8. The van der Waals surface area contributed by atoms with Crippen molar-refractivity contribution < 1.29 is 8.42 Å². The van der Waals surface area contributed by atoms with Gasteiger partial charge >= 0.3 is 0 Å². The summed E-state index contributed by atoms with van der Waals surface area (Å²) >= 11 is 0. The van der Waals surface area contributed by atoms with Crippen LogP contribution in [0.4, 0.5) is 0 Å². The summed E-state index contributed by atoms with van der Waals surface area (Å²) in [5.41, 5.74) is 2.24. The van der Waals surface area contributed by atoms with Crippen molar-refractivity contribution in [2.45, 2.75) is 25.6 Å². The molecule has 7 nitrogen and oxygen atoms in total. The van der Waals surface area contributed by atoms with Crippen LogP contribution in [-0.4, -0.2) is 48.8 Å². The zero-order chi connectivity index (χ0) is 17.7. The first kappa shape index (κ1) is 17.5. The van der Waals surface area contributed by atoms with E-state index < -0.39 is 9.84 Å². The van der Waals surface area contributed by atoms with Gasteiger partial charge < -0.3 is 10.6 Å². The minimum atomic E-state index is -2.90. The molecule has 25 heavy (non-hydrogen) atoms. The molecule has 0 aliphatic carbocycles. The summed E-state index contributed by atoms with van der Waals surface area (Å²) in [7, 11) is -1.22. The van der Waals surface area contributed by atoms with Gasteiger partial charge in [0.25, 0.3) is 0 Å². The van der Waals surface area contributed by atoms with Crippen molar-refractivity contribution in [1.82, 2.24) is 20.4 Å². The van der Waals surface area contributed by atoms with Crippen LogP contribution >= 0.6 is 0 Å². The van der Waals surface area contributed by atoms with Crippen LogP contribution in [0.25, 0.3) is 0 Å². The van der Waals surface area contributed by atoms with E-state index >= 15 is 0 Å². The van der Waals surface area contributed by atoms with Crippen LogP contribution in [0.3, 0.4) is 0 Å². The van der Waals surface area contributed by atoms with Gasteiger partial charge in [0.05, 0.1) is 24.2 Å². The summed E-state index contributed by atoms with van der Waals surface area (Å²) < 4.78 is 25.0. The quantitative estimate of drug-likeness (QED) is 0.607. The standard InChI is InChI=1S/C17H23N5O2S/c1-18-17(21-16-7-8-25(23,24)13-16)19-9-15-10-20-22(12-15)11-14-5-3-2-4-6-14/h2-6,10,12,16H,7-9,11,13H2,1H3,(H2,18,19,21). The second-order valence-electron chi connectivity index (χ2n) is 6.20. The molecule has 1 aliphatic heterocycles. The van der Waals surface area contributed by atoms with Crippen molar-refractivity contribution in [3.05, 3.63) is 53.9 Å². The lowest BCUT2D eigenvalue weighted by atomic mass is 10.2. The molecule has 1 aromatic heterocycles. The van der Waals surface area contributed by atoms with Crippen molar-refractivity contribution in [3.8, 4) is 0 Å². The number of benzene rings is 1. The highest BCUT2D eigenvalue weighted by Crippen LogP contribution is 2.11. The third-order valence-electron chi connectivity index (χ3n) is 4.13. The zero-order valence-electron chi connectivity index (χ0n) is 14.2. The van der Waals surface area contributed by atoms with Gasteiger partial charge in [0, 0.05) is 31.4 Å². The van der Waals surface area contributed by atoms with E-state index in [1.54, 1.807) is 7.05 Å². The number of aromatic nitrogens is 2. The molecule has 3 rings (SSSR count). The van der Waals surface area contributed by atoms with Crippen LogP contribution in [0.5, 0.6) is 0 Å². The van der Waals surface area contributed by atoms with Crippen LogP contribution in [0.2, 0.25) is 0 Å². The Kier molecular flexibility index (Phi) is 5.37. The fourth-order valence-corrected chi connectivity index (χ4v) is 4.51. The highest BCUT2D eigenvalue weighted by molar-refractivity contribution is 7.91. The summed E-state index contributed by atoms with van der Waals surface area (Å²) in [6.45, 7) is 1.31. The number of sulfone groups is 1. The molecule has 0 amide bonds. The van der Waals surface area contributed by atoms with Crippen molar-refractivity contribution in [2.24, 2.45) is 4.99 Å². The normalized spacial score (nSPS) is 19.7. The largest absolute Gasteiger partial charge is 0.353 e. The van der Waals surface area contributed by atoms with E-state index in [-0.39, 0.29) is 17.5 Å². The Morgan fingerprint density at radius 1 is 1.32 bits per heavy atom. The van der Waals surface area contributed by atoms with E-state index in [1.807, 2.05) is 35.3 Å². The monoisotopic (exact) mass is 361 g/mol. The average molecular weight is 361 g/mol. The maximum absolute atomic E-state index is 11.5. The molecule has 134 valence electrons. The highest BCUT2D eigenvalue weighted by atomic mass is 32.2. The minimum absolute atomic E-state index is 0.0722. The lowest BCUT2D eigenvalue weighted by Crippen LogP contribution is -2.43. The SMILES string of the molecule is CN=C(NCc1cnn(Cc2ccccc2)c1)NC1CCS(=O)(=O)C1. The van der Waals surface area contributed by atoms with E-state index in [2.05, 4.69) is 32.9 Å². The summed E-state index contributed by atoms with van der Waals surface area (Å²) in [4.78, 5) is 4.16. The van der Waals surface area contributed by atoms with E-state index in [1.165, 1.54) is 5.56 Å². The Labute approximate surface area is 148 Å². The van der Waals surface area contributed by atoms with Gasteiger partial charge in [0.2, 0.25) is 0 Å². The van der Waals surface area contributed by atoms with Crippen molar-refractivity contribution in [2.75, 3.05) is 18.6 Å². The molecule has 0 bridgehead atoms. The van der Waals surface area contributed by atoms with Gasteiger partial charge in [-0.05, 0) is 12.0 Å². The number of guanidine groups is 1. The number of nitrogens with one attached hydrogen (secondary N) is 2. The van der Waals surface area contributed by atoms with Gasteiger partial charge in [-0.15, -0.1) is 0 Å². The number of hydrogen-bond donors (Lipinski definition) is 2. The molecule has 0 spiro atoms. The number of hydrogen-bond acceptors (Lipinski definition) is 4. The molecule has 2 N–H and O–H groups in total. The molecule has 8 heteroatoms. The Bertz CT molecular complexity index is 830. The molecular formula is C17H23N5O2S. The number of aliphatic imine (C=N–C) groups is 1. The topological polar surface area (TPSA) is 88.4 Å². The Morgan fingerprint density at radius 3 is 2.80 bits per heavy atom. The third kappa shape index (κ3) is 5.06. The summed E-state index contributed by atoms with van der Waals surface area (Å²) in [6, 6.07) is 10.1. The molecule has 0 radical (unpaired) electrons. The van der Waals surface area contributed by atoms with Gasteiger partial charge in [-0.1, -0.05) is 30.3 Å². The molecule has 1 atom stereocenters. The second-order valence-corrected chi connectivity index (χ2v) is 8.43. The third-order valence-corrected chi connectivity index (χ3v) is 5.90. The van der Waals surface area contributed by atoms with Crippen molar-refractivity contribution in [3.63, 3.8) is 0 Å². The van der Waals surface area contributed by atoms with Crippen LogP contribution in [0, 0.1) is 0 Å². The fourth-order valence-electron chi connectivity index (χ4n) is 2.84. The zero-order valence-corrected chi connectivity index (χ0v) is 15.0. The van der Waals surface area contributed by atoms with Crippen LogP contribution in [0.1, 0.15) is 17.5 Å². The van der Waals surface area contributed by atoms with E-state index in [9.17, 15) is 8.42 Å². The van der Waals surface area contributed by atoms with E-state index in [0.717, 1.165) is 12.1 Å². The van der Waals surface area contributed by atoms with Crippen LogP contribution < -0.4 is 10.6 Å². The lowest BCUT2D eigenvalue weighted by Gasteiger charge is -2.15. The van der Waals surface area contributed by atoms with E-state index in [0.29, 0.717) is 18.9 Å². The molecule has 1 saturated heterocycles. The minimum Gasteiger partial charge on any atom is -0.353 e. The van der Waals surface area contributed by atoms with Gasteiger partial charge in [0.1, 0.15) is 0 Å². The molecular weight excluding hydrogens is 338 g/mol. The average Bonchev–Trinajstić information content (AvgIpc) is 3.18. The van der Waals surface area contributed by atoms with Crippen molar-refractivity contribution >= 4 is 15.8 Å². The van der Waals surface area contributed by atoms with Crippen molar-refractivity contribution in [1.29, 1.82) is 0 Å². The first-order valence-electron chi connectivity index (χ1n) is 8.27. The molecule has 0 saturated carbocycles. The van der Waals surface area contributed by atoms with Crippen LogP contribution in [-0.2, 0) is 22.9 Å². The number of nitrogens with zero attached hydrogens (tertiary/aromatic N) is 3. The maximum atomic E-state index is 11.5. The van der Waals surface area contributed by atoms with Gasteiger partial charge in [-0.2, -0.15) is 5.10 Å². The van der Waals surface area contributed by atoms with Crippen LogP contribution in [0.15, 0.2) is 47.7 Å². The first-order valence-corrected chi connectivity index (χ1v) is 10.1. The van der Waals surface area contributed by atoms with Gasteiger partial charge in [-0.25, -0.2) is 8.42 Å². The first-order chi connectivity index (χ1) is 12.0. The predicted molar refractivity (Wildman–Crippen MR) is 98.2 cm³/mol. The number of rotatable bonds is 5. The van der Waals surface area contributed by atoms with Gasteiger partial charge in [0.15, 0.2) is 15.8 Å². The Balaban J connectivity index is 1.51. The summed E-state index contributed by atoms with van der Waals surface area (Å²) in [6.07, 6.45) is 4.44. The molecule has 1 fully saturated rings. The molecule has 2 heterocycles. The molecule has 2 aromatic rings. The molecule has 1 aromatic carbocycles. The second kappa shape index (κ2) is 7.69. The highest BCUT2D eigenvalue weighted by Gasteiger charge is 2.28. The Hall–Kier alpha value is -2.35. The maximum Gasteiger partial charge on any atom is 0.191 e.